The fourth-order valence-electron chi connectivity index (χ4n) is 3.40. The van der Waals surface area contributed by atoms with Crippen LogP contribution < -0.4 is 5.32 Å². The van der Waals surface area contributed by atoms with Crippen LogP contribution in [0.5, 0.6) is 0 Å². The Bertz CT molecular complexity index is 810. The number of benzene rings is 1. The average molecular weight is 426 g/mol. The van der Waals surface area contributed by atoms with Crippen LogP contribution in [0, 0.1) is 10.8 Å². The van der Waals surface area contributed by atoms with E-state index in [2.05, 4.69) is 38.6 Å². The van der Waals surface area contributed by atoms with Crippen LogP contribution in [0.3, 0.4) is 0 Å². The Morgan fingerprint density at radius 3 is 2.61 bits per heavy atom. The zero-order valence-electron chi connectivity index (χ0n) is 17.0. The number of allylic oxidation sites excluding steroid dienone is 2. The molecule has 2 N–H and O–H groups in total. The summed E-state index contributed by atoms with van der Waals surface area (Å²) >= 11 is 4.28. The number of anilines is 1. The van der Waals surface area contributed by atoms with Gasteiger partial charge in [-0.1, -0.05) is 48.5 Å². The summed E-state index contributed by atoms with van der Waals surface area (Å²) in [6.07, 6.45) is 2.49. The first-order valence-corrected chi connectivity index (χ1v) is 10.2. The van der Waals surface area contributed by atoms with E-state index in [0.29, 0.717) is 17.8 Å². The minimum atomic E-state index is -2.99. The summed E-state index contributed by atoms with van der Waals surface area (Å²) in [7, 11) is 3.35. The van der Waals surface area contributed by atoms with Crippen molar-refractivity contribution < 1.29 is 8.78 Å². The molecule has 0 radical (unpaired) electrons. The average Bonchev–Trinajstić information content (AvgIpc) is 2.54. The molecule has 0 spiro atoms. The number of rotatable bonds is 6. The maximum atomic E-state index is 13.8. The zero-order chi connectivity index (χ0) is 21.3. The van der Waals surface area contributed by atoms with Crippen molar-refractivity contribution in [1.29, 1.82) is 5.41 Å². The molecular formula is C21H30F2N3PS. The summed E-state index contributed by atoms with van der Waals surface area (Å²) < 4.78 is 29.2. The quantitative estimate of drug-likeness (QED) is 0.367. The van der Waals surface area contributed by atoms with Crippen LogP contribution >= 0.6 is 22.1 Å². The van der Waals surface area contributed by atoms with Gasteiger partial charge in [0.05, 0.1) is 0 Å². The van der Waals surface area contributed by atoms with E-state index in [1.54, 1.807) is 26.7 Å². The van der Waals surface area contributed by atoms with Crippen LogP contribution in [-0.4, -0.2) is 17.1 Å². The Kier molecular flexibility index (Phi) is 7.12. The summed E-state index contributed by atoms with van der Waals surface area (Å²) in [5.41, 5.74) is 1.69. The molecule has 1 atom stereocenters. The van der Waals surface area contributed by atoms with Gasteiger partial charge in [0, 0.05) is 29.2 Å². The smallest absolute Gasteiger partial charge is 0.283 e. The highest BCUT2D eigenvalue weighted by atomic mass is 32.1. The number of hydrogen-bond donors (Lipinski definition) is 3. The van der Waals surface area contributed by atoms with Crippen LogP contribution in [0.4, 0.5) is 14.5 Å². The summed E-state index contributed by atoms with van der Waals surface area (Å²) in [6, 6.07) is 4.59. The molecular weight excluding hydrogens is 395 g/mol. The number of alkyl halides is 2. The van der Waals surface area contributed by atoms with Gasteiger partial charge < -0.3 is 10.7 Å². The second-order valence-corrected chi connectivity index (χ2v) is 9.80. The van der Waals surface area contributed by atoms with Crippen molar-refractivity contribution in [3.63, 3.8) is 0 Å². The van der Waals surface area contributed by atoms with E-state index >= 15 is 0 Å². The molecule has 3 nitrogen and oxygen atoms in total. The number of nitrogens with one attached hydrogen (secondary N) is 2. The SMILES string of the molecule is C=C(C)/C(Nc1ccc(C(F)(F)P)cc1CN(C)S)=C1\CC(C)(C)CCC1=N. The van der Waals surface area contributed by atoms with Crippen LogP contribution in [0.25, 0.3) is 0 Å². The van der Waals surface area contributed by atoms with Crippen molar-refractivity contribution in [1.82, 2.24) is 4.31 Å². The van der Waals surface area contributed by atoms with Gasteiger partial charge >= 0.3 is 0 Å². The summed E-state index contributed by atoms with van der Waals surface area (Å²) in [6.45, 7) is 10.8. The molecule has 154 valence electrons. The van der Waals surface area contributed by atoms with Crippen molar-refractivity contribution in [2.45, 2.75) is 52.2 Å². The normalized spacial score (nSPS) is 19.0. The highest BCUT2D eigenvalue weighted by molar-refractivity contribution is 7.77. The Morgan fingerprint density at radius 2 is 2.07 bits per heavy atom. The molecule has 1 aromatic carbocycles. The first-order chi connectivity index (χ1) is 12.8. The molecule has 28 heavy (non-hydrogen) atoms. The Hall–Kier alpha value is -1.23. The molecule has 0 aromatic heterocycles. The molecule has 1 saturated carbocycles. The van der Waals surface area contributed by atoms with Crippen LogP contribution in [0.2, 0.25) is 0 Å². The van der Waals surface area contributed by atoms with Gasteiger partial charge in [0.15, 0.2) is 0 Å². The predicted octanol–water partition coefficient (Wildman–Crippen LogP) is 6.36. The molecule has 0 bridgehead atoms. The molecule has 0 saturated heterocycles. The van der Waals surface area contributed by atoms with Gasteiger partial charge in [0.1, 0.15) is 0 Å². The fourth-order valence-corrected chi connectivity index (χ4v) is 3.73. The number of thiol groups is 1. The third-order valence-corrected chi connectivity index (χ3v) is 5.42. The largest absolute Gasteiger partial charge is 0.355 e. The lowest BCUT2D eigenvalue weighted by atomic mass is 9.73. The lowest BCUT2D eigenvalue weighted by molar-refractivity contribution is 0.104. The minimum absolute atomic E-state index is 0.0655. The van der Waals surface area contributed by atoms with Crippen molar-refractivity contribution in [3.8, 4) is 0 Å². The summed E-state index contributed by atoms with van der Waals surface area (Å²) in [5, 5.41) is 11.8. The van der Waals surface area contributed by atoms with Gasteiger partial charge in [0.2, 0.25) is 0 Å². The van der Waals surface area contributed by atoms with Gasteiger partial charge in [-0.15, -0.1) is 0 Å². The van der Waals surface area contributed by atoms with E-state index in [1.807, 2.05) is 6.92 Å². The second kappa shape index (κ2) is 8.64. The van der Waals surface area contributed by atoms with Gasteiger partial charge in [0.25, 0.3) is 5.66 Å². The Balaban J connectivity index is 2.51. The number of halogens is 2. The van der Waals surface area contributed by atoms with E-state index in [4.69, 9.17) is 5.41 Å². The topological polar surface area (TPSA) is 39.1 Å². The summed E-state index contributed by atoms with van der Waals surface area (Å²) in [5.74, 6) is 0. The van der Waals surface area contributed by atoms with Crippen molar-refractivity contribution in [2.75, 3.05) is 12.4 Å². The molecule has 1 aromatic rings. The van der Waals surface area contributed by atoms with Crippen LogP contribution in [0.1, 0.15) is 51.2 Å². The highest BCUT2D eigenvalue weighted by Crippen LogP contribution is 2.40. The van der Waals surface area contributed by atoms with Gasteiger partial charge in [-0.05, 0) is 67.5 Å². The molecule has 7 heteroatoms. The fraction of sp³-hybridized carbons (Fsp3) is 0.476. The van der Waals surface area contributed by atoms with Crippen molar-refractivity contribution >= 4 is 33.5 Å². The van der Waals surface area contributed by atoms with E-state index in [0.717, 1.165) is 41.8 Å². The Labute approximate surface area is 174 Å². The third-order valence-electron chi connectivity index (χ3n) is 4.95. The van der Waals surface area contributed by atoms with Gasteiger partial charge in [-0.3, -0.25) is 4.31 Å². The van der Waals surface area contributed by atoms with E-state index in [9.17, 15) is 8.78 Å². The van der Waals surface area contributed by atoms with E-state index < -0.39 is 5.66 Å². The monoisotopic (exact) mass is 425 g/mol. The number of nitrogens with zero attached hydrogens (tertiary/aromatic N) is 1. The molecule has 1 fully saturated rings. The molecule has 0 aliphatic heterocycles. The van der Waals surface area contributed by atoms with Crippen LogP contribution in [-0.2, 0) is 12.2 Å². The third kappa shape index (κ3) is 5.88. The Morgan fingerprint density at radius 1 is 1.43 bits per heavy atom. The number of hydrogen-bond acceptors (Lipinski definition) is 4. The molecule has 0 amide bonds. The zero-order valence-corrected chi connectivity index (χ0v) is 19.0. The second-order valence-electron chi connectivity index (χ2n) is 8.39. The molecule has 1 aliphatic carbocycles. The molecule has 0 heterocycles. The molecule has 2 rings (SSSR count). The highest BCUT2D eigenvalue weighted by Gasteiger charge is 2.30. The molecule has 1 unspecified atom stereocenters. The van der Waals surface area contributed by atoms with Crippen molar-refractivity contribution in [3.05, 3.63) is 52.7 Å². The predicted molar refractivity (Wildman–Crippen MR) is 121 cm³/mol. The van der Waals surface area contributed by atoms with Gasteiger partial charge in [-0.2, -0.15) is 8.78 Å². The maximum absolute atomic E-state index is 13.8. The minimum Gasteiger partial charge on any atom is -0.355 e. The van der Waals surface area contributed by atoms with E-state index in [1.165, 1.54) is 12.1 Å². The first-order valence-electron chi connectivity index (χ1n) is 9.24. The van der Waals surface area contributed by atoms with E-state index in [-0.39, 0.29) is 11.0 Å². The summed E-state index contributed by atoms with van der Waals surface area (Å²) in [4.78, 5) is 0. The van der Waals surface area contributed by atoms with Crippen LogP contribution in [0.15, 0.2) is 41.6 Å². The van der Waals surface area contributed by atoms with Crippen molar-refractivity contribution in [2.24, 2.45) is 5.41 Å². The lowest BCUT2D eigenvalue weighted by Gasteiger charge is -2.33. The lowest BCUT2D eigenvalue weighted by Crippen LogP contribution is -2.26. The standard InChI is InChI=1S/C21H30F2N3PS/c1-13(2)19(16-11-20(3,4)9-8-17(16)24)25-18-7-6-15(21(22,23)27)10-14(18)12-26(5)28/h6-7,10,24-25,28H,1,8-9,11-12,27H2,2-5H3/b19-16-,24-17?. The first kappa shape index (κ1) is 23.1. The van der Waals surface area contributed by atoms with Gasteiger partial charge in [-0.25, -0.2) is 0 Å². The molecule has 1 aliphatic rings. The maximum Gasteiger partial charge on any atom is 0.283 e.